The van der Waals surface area contributed by atoms with Crippen LogP contribution in [0.5, 0.6) is 0 Å². The molecule has 3 nitrogen and oxygen atoms in total. The maximum atomic E-state index is 13.1. The first-order valence-corrected chi connectivity index (χ1v) is 10.5. The van der Waals surface area contributed by atoms with Crippen LogP contribution in [0.4, 0.5) is 4.39 Å². The van der Waals surface area contributed by atoms with Crippen LogP contribution in [0.2, 0.25) is 0 Å². The average Bonchev–Trinajstić information content (AvgIpc) is 3.18. The van der Waals surface area contributed by atoms with E-state index in [-0.39, 0.29) is 24.3 Å². The molecular formula is C24H30ClFN2O. The molecule has 2 fully saturated rings. The number of amides is 1. The normalized spacial score (nSPS) is 20.4. The lowest BCUT2D eigenvalue weighted by molar-refractivity contribution is -0.137. The Labute approximate surface area is 179 Å². The third-order valence-corrected chi connectivity index (χ3v) is 6.24. The zero-order valence-electron chi connectivity index (χ0n) is 16.8. The van der Waals surface area contributed by atoms with Gasteiger partial charge in [0, 0.05) is 19.6 Å². The quantitative estimate of drug-likeness (QED) is 0.705. The summed E-state index contributed by atoms with van der Waals surface area (Å²) in [5.74, 6) is 0.716. The van der Waals surface area contributed by atoms with E-state index >= 15 is 0 Å². The molecule has 2 aromatic rings. The number of halogens is 2. The van der Waals surface area contributed by atoms with E-state index in [1.54, 1.807) is 0 Å². The van der Waals surface area contributed by atoms with Gasteiger partial charge in [-0.1, -0.05) is 42.5 Å². The van der Waals surface area contributed by atoms with Gasteiger partial charge in [0.25, 0.3) is 0 Å². The molecule has 156 valence electrons. The molecule has 0 unspecified atom stereocenters. The molecule has 2 aromatic carbocycles. The Bertz CT molecular complexity index is 775. The Morgan fingerprint density at radius 2 is 1.59 bits per heavy atom. The second-order valence-electron chi connectivity index (χ2n) is 8.21. The number of likely N-dealkylation sites (tertiary alicyclic amines) is 2. The molecule has 0 spiro atoms. The molecule has 2 aliphatic heterocycles. The Morgan fingerprint density at radius 3 is 2.28 bits per heavy atom. The van der Waals surface area contributed by atoms with Gasteiger partial charge in [-0.05, 0) is 67.8 Å². The number of rotatable bonds is 5. The highest BCUT2D eigenvalue weighted by Gasteiger charge is 2.35. The molecular weight excluding hydrogens is 387 g/mol. The van der Waals surface area contributed by atoms with Gasteiger partial charge in [0.1, 0.15) is 5.82 Å². The van der Waals surface area contributed by atoms with Gasteiger partial charge in [0.05, 0.1) is 6.04 Å². The van der Waals surface area contributed by atoms with E-state index < -0.39 is 0 Å². The highest BCUT2D eigenvalue weighted by atomic mass is 35.5. The fourth-order valence-electron chi connectivity index (χ4n) is 4.64. The van der Waals surface area contributed by atoms with E-state index in [0.29, 0.717) is 11.8 Å². The number of hydrogen-bond acceptors (Lipinski definition) is 2. The molecule has 0 aromatic heterocycles. The van der Waals surface area contributed by atoms with Gasteiger partial charge < -0.3 is 4.90 Å². The summed E-state index contributed by atoms with van der Waals surface area (Å²) in [5.41, 5.74) is 2.47. The SMILES string of the molecule is Cl.O=C([C@@H]1CCCN1Cc1ccccc1)N1CCC(Cc2ccc(F)cc2)CC1. The Kier molecular flexibility index (Phi) is 7.68. The first-order valence-electron chi connectivity index (χ1n) is 10.5. The molecule has 0 aliphatic carbocycles. The van der Waals surface area contributed by atoms with Gasteiger partial charge >= 0.3 is 0 Å². The van der Waals surface area contributed by atoms with E-state index in [4.69, 9.17) is 0 Å². The van der Waals surface area contributed by atoms with Gasteiger partial charge in [-0.2, -0.15) is 0 Å². The Balaban J connectivity index is 0.00000240. The van der Waals surface area contributed by atoms with Gasteiger partial charge in [-0.3, -0.25) is 9.69 Å². The monoisotopic (exact) mass is 416 g/mol. The van der Waals surface area contributed by atoms with Gasteiger partial charge in [0.15, 0.2) is 0 Å². The summed E-state index contributed by atoms with van der Waals surface area (Å²) in [7, 11) is 0. The number of piperidine rings is 1. The average molecular weight is 417 g/mol. The van der Waals surface area contributed by atoms with Gasteiger partial charge in [-0.25, -0.2) is 4.39 Å². The molecule has 4 rings (SSSR count). The minimum atomic E-state index is -0.180. The minimum absolute atomic E-state index is 0. The van der Waals surface area contributed by atoms with E-state index in [1.807, 2.05) is 18.2 Å². The lowest BCUT2D eigenvalue weighted by Gasteiger charge is -2.35. The van der Waals surface area contributed by atoms with Crippen LogP contribution >= 0.6 is 12.4 Å². The van der Waals surface area contributed by atoms with Crippen molar-refractivity contribution >= 4 is 18.3 Å². The van der Waals surface area contributed by atoms with Crippen molar-refractivity contribution in [1.82, 2.24) is 9.80 Å². The zero-order valence-corrected chi connectivity index (χ0v) is 17.6. The third kappa shape index (κ3) is 5.58. The van der Waals surface area contributed by atoms with Crippen LogP contribution in [0.1, 0.15) is 36.8 Å². The van der Waals surface area contributed by atoms with Crippen molar-refractivity contribution in [3.8, 4) is 0 Å². The number of nitrogens with zero attached hydrogens (tertiary/aromatic N) is 2. The number of benzene rings is 2. The summed E-state index contributed by atoms with van der Waals surface area (Å²) in [6.45, 7) is 3.56. The number of carbonyl (C=O) groups is 1. The summed E-state index contributed by atoms with van der Waals surface area (Å²) in [6, 6.07) is 17.3. The zero-order chi connectivity index (χ0) is 19.3. The maximum Gasteiger partial charge on any atom is 0.239 e. The van der Waals surface area contributed by atoms with Crippen LogP contribution in [0, 0.1) is 11.7 Å². The van der Waals surface area contributed by atoms with Crippen LogP contribution in [-0.4, -0.2) is 41.4 Å². The molecule has 2 saturated heterocycles. The molecule has 1 atom stereocenters. The van der Waals surface area contributed by atoms with E-state index in [0.717, 1.165) is 58.3 Å². The van der Waals surface area contributed by atoms with Crippen molar-refractivity contribution in [2.45, 2.75) is 44.7 Å². The summed E-state index contributed by atoms with van der Waals surface area (Å²) in [4.78, 5) is 17.6. The molecule has 0 bridgehead atoms. The largest absolute Gasteiger partial charge is 0.341 e. The summed E-state index contributed by atoms with van der Waals surface area (Å²) in [5, 5.41) is 0. The van der Waals surface area contributed by atoms with Crippen LogP contribution in [0.25, 0.3) is 0 Å². The van der Waals surface area contributed by atoms with E-state index in [1.165, 1.54) is 23.3 Å². The van der Waals surface area contributed by atoms with Crippen molar-refractivity contribution in [2.24, 2.45) is 5.92 Å². The first-order chi connectivity index (χ1) is 13.7. The lowest BCUT2D eigenvalue weighted by Crippen LogP contribution is -2.48. The molecule has 29 heavy (non-hydrogen) atoms. The first kappa shape index (κ1) is 21.8. The second-order valence-corrected chi connectivity index (χ2v) is 8.21. The highest BCUT2D eigenvalue weighted by molar-refractivity contribution is 5.85. The van der Waals surface area contributed by atoms with Crippen molar-refractivity contribution in [3.63, 3.8) is 0 Å². The fraction of sp³-hybridized carbons (Fsp3) is 0.458. The minimum Gasteiger partial charge on any atom is -0.341 e. The Hall–Kier alpha value is -1.91. The molecule has 5 heteroatoms. The molecule has 0 N–H and O–H groups in total. The van der Waals surface area contributed by atoms with E-state index in [2.05, 4.69) is 34.1 Å². The van der Waals surface area contributed by atoms with E-state index in [9.17, 15) is 9.18 Å². The topological polar surface area (TPSA) is 23.6 Å². The van der Waals surface area contributed by atoms with Gasteiger partial charge in [-0.15, -0.1) is 12.4 Å². The van der Waals surface area contributed by atoms with Crippen LogP contribution in [0.15, 0.2) is 54.6 Å². The number of hydrogen-bond donors (Lipinski definition) is 0. The fourth-order valence-corrected chi connectivity index (χ4v) is 4.64. The molecule has 0 saturated carbocycles. The summed E-state index contributed by atoms with van der Waals surface area (Å²) >= 11 is 0. The van der Waals surface area contributed by atoms with Crippen LogP contribution in [-0.2, 0) is 17.8 Å². The molecule has 1 amide bonds. The molecule has 0 radical (unpaired) electrons. The summed E-state index contributed by atoms with van der Waals surface area (Å²) < 4.78 is 13.1. The van der Waals surface area contributed by atoms with Crippen LogP contribution in [0.3, 0.4) is 0 Å². The molecule has 2 heterocycles. The number of carbonyl (C=O) groups excluding carboxylic acids is 1. The predicted octanol–water partition coefficient (Wildman–Crippen LogP) is 4.69. The standard InChI is InChI=1S/C24H29FN2O.ClH/c25-22-10-8-19(9-11-22)17-20-12-15-26(16-13-20)24(28)23-7-4-14-27(23)18-21-5-2-1-3-6-21;/h1-3,5-6,8-11,20,23H,4,7,12-18H2;1H/t23-;/m0./s1. The predicted molar refractivity (Wildman–Crippen MR) is 117 cm³/mol. The summed E-state index contributed by atoms with van der Waals surface area (Å²) in [6.07, 6.45) is 5.13. The lowest BCUT2D eigenvalue weighted by atomic mass is 9.90. The van der Waals surface area contributed by atoms with Crippen molar-refractivity contribution in [3.05, 3.63) is 71.5 Å². The highest BCUT2D eigenvalue weighted by Crippen LogP contribution is 2.26. The van der Waals surface area contributed by atoms with Crippen molar-refractivity contribution < 1.29 is 9.18 Å². The maximum absolute atomic E-state index is 13.1. The van der Waals surface area contributed by atoms with Crippen molar-refractivity contribution in [1.29, 1.82) is 0 Å². The third-order valence-electron chi connectivity index (χ3n) is 6.24. The smallest absolute Gasteiger partial charge is 0.239 e. The molecule has 2 aliphatic rings. The van der Waals surface area contributed by atoms with Gasteiger partial charge in [0.2, 0.25) is 5.91 Å². The van der Waals surface area contributed by atoms with Crippen LogP contribution < -0.4 is 0 Å². The second kappa shape index (κ2) is 10.2. The Morgan fingerprint density at radius 1 is 0.897 bits per heavy atom. The van der Waals surface area contributed by atoms with Crippen molar-refractivity contribution in [2.75, 3.05) is 19.6 Å².